The number of pyridine rings is 1. The molecule has 46 heavy (non-hydrogen) atoms. The molecular formula is C32H27F3N6O5. The Morgan fingerprint density at radius 2 is 1.76 bits per heavy atom. The minimum Gasteiger partial charge on any atom is -0.379 e. The average Bonchev–Trinajstić information content (AvgIpc) is 3.45. The van der Waals surface area contributed by atoms with Crippen LogP contribution in [0.1, 0.15) is 11.3 Å². The third-order valence-corrected chi connectivity index (χ3v) is 7.65. The molecule has 4 heterocycles. The molecule has 236 valence electrons. The lowest BCUT2D eigenvalue weighted by molar-refractivity contribution is -0.239. The van der Waals surface area contributed by atoms with E-state index in [0.29, 0.717) is 41.3 Å². The van der Waals surface area contributed by atoms with Crippen LogP contribution < -0.4 is 10.9 Å². The normalized spacial score (nSPS) is 14.0. The number of aromatic nitrogens is 4. The number of alkyl halides is 3. The quantitative estimate of drug-likeness (QED) is 0.231. The zero-order chi connectivity index (χ0) is 32.3. The number of hydrogen-bond donors (Lipinski definition) is 2. The molecule has 1 aliphatic heterocycles. The molecule has 2 N–H and O–H groups in total. The summed E-state index contributed by atoms with van der Waals surface area (Å²) in [7, 11) is 0. The number of rotatable bonds is 9. The molecule has 1 amide bonds. The van der Waals surface area contributed by atoms with Crippen molar-refractivity contribution in [1.82, 2.24) is 24.6 Å². The topological polar surface area (TPSA) is 131 Å². The first-order valence-electron chi connectivity index (χ1n) is 14.2. The van der Waals surface area contributed by atoms with Crippen molar-refractivity contribution in [1.29, 1.82) is 0 Å². The Labute approximate surface area is 259 Å². The summed E-state index contributed by atoms with van der Waals surface area (Å²) < 4.78 is 46.3. The predicted octanol–water partition coefficient (Wildman–Crippen LogP) is 4.22. The number of nitrogens with one attached hydrogen (secondary N) is 2. The predicted molar refractivity (Wildman–Crippen MR) is 160 cm³/mol. The summed E-state index contributed by atoms with van der Waals surface area (Å²) in [5, 5.41) is 4.01. The summed E-state index contributed by atoms with van der Waals surface area (Å²) >= 11 is 0. The molecule has 1 aliphatic rings. The largest absolute Gasteiger partial charge is 0.493 e. The number of anilines is 1. The summed E-state index contributed by atoms with van der Waals surface area (Å²) in [6, 6.07) is 21.4. The van der Waals surface area contributed by atoms with Gasteiger partial charge >= 0.3 is 12.1 Å². The van der Waals surface area contributed by atoms with Gasteiger partial charge in [-0.15, -0.1) is 0 Å². The van der Waals surface area contributed by atoms with E-state index < -0.39 is 42.1 Å². The molecule has 0 bridgehead atoms. The number of carbonyl (C=O) groups excluding carboxylic acids is 2. The number of amides is 1. The van der Waals surface area contributed by atoms with E-state index in [9.17, 15) is 27.6 Å². The van der Waals surface area contributed by atoms with Crippen molar-refractivity contribution in [3.8, 4) is 11.3 Å². The Hall–Kier alpha value is -5.50. The zero-order valence-corrected chi connectivity index (χ0v) is 24.2. The molecule has 0 saturated carbocycles. The number of halogens is 3. The van der Waals surface area contributed by atoms with Gasteiger partial charge < -0.3 is 19.9 Å². The zero-order valence-electron chi connectivity index (χ0n) is 24.2. The number of nitrogens with zero attached hydrogens (tertiary/aromatic N) is 4. The van der Waals surface area contributed by atoms with Crippen LogP contribution in [0, 0.1) is 0 Å². The molecule has 0 atom stereocenters. The molecule has 1 saturated heterocycles. The summed E-state index contributed by atoms with van der Waals surface area (Å²) in [6.07, 6.45) is -0.933. The van der Waals surface area contributed by atoms with Gasteiger partial charge in [-0.1, -0.05) is 60.7 Å². The smallest absolute Gasteiger partial charge is 0.379 e. The van der Waals surface area contributed by atoms with Gasteiger partial charge in [-0.2, -0.15) is 18.2 Å². The maximum Gasteiger partial charge on any atom is 0.493 e. The number of H-pyrrole nitrogens is 1. The number of aromatic amines is 1. The van der Waals surface area contributed by atoms with E-state index >= 15 is 0 Å². The van der Waals surface area contributed by atoms with Crippen LogP contribution in [0.2, 0.25) is 0 Å². The van der Waals surface area contributed by atoms with Gasteiger partial charge in [-0.3, -0.25) is 19.1 Å². The fourth-order valence-electron chi connectivity index (χ4n) is 5.18. The second-order valence-electron chi connectivity index (χ2n) is 10.8. The average molecular weight is 633 g/mol. The summed E-state index contributed by atoms with van der Waals surface area (Å²) in [5.74, 6) is -3.74. The molecular weight excluding hydrogens is 605 g/mol. The molecule has 0 aliphatic carbocycles. The highest BCUT2D eigenvalue weighted by Crippen LogP contribution is 2.32. The van der Waals surface area contributed by atoms with Gasteiger partial charge in [0.25, 0.3) is 11.5 Å². The third kappa shape index (κ3) is 6.33. The first-order chi connectivity index (χ1) is 22.1. The lowest BCUT2D eigenvalue weighted by Crippen LogP contribution is -2.52. The van der Waals surface area contributed by atoms with Gasteiger partial charge in [-0.25, -0.2) is 9.78 Å². The monoisotopic (exact) mass is 632 g/mol. The molecule has 3 aromatic heterocycles. The van der Waals surface area contributed by atoms with E-state index in [1.807, 2.05) is 30.3 Å². The Morgan fingerprint density at radius 3 is 2.41 bits per heavy atom. The maximum atomic E-state index is 13.9. The van der Waals surface area contributed by atoms with Crippen molar-refractivity contribution in [2.45, 2.75) is 24.7 Å². The minimum absolute atomic E-state index is 0.0726. The van der Waals surface area contributed by atoms with Crippen LogP contribution in [0.3, 0.4) is 0 Å². The van der Waals surface area contributed by atoms with E-state index in [2.05, 4.69) is 25.1 Å². The molecule has 0 spiro atoms. The van der Waals surface area contributed by atoms with E-state index in [4.69, 9.17) is 4.74 Å². The van der Waals surface area contributed by atoms with E-state index in [0.717, 1.165) is 10.1 Å². The van der Waals surface area contributed by atoms with Gasteiger partial charge in [0.15, 0.2) is 5.82 Å². The van der Waals surface area contributed by atoms with E-state index in [1.54, 1.807) is 42.5 Å². The van der Waals surface area contributed by atoms with Crippen molar-refractivity contribution in [2.75, 3.05) is 25.1 Å². The Balaban J connectivity index is 1.32. The highest BCUT2D eigenvalue weighted by Gasteiger charge is 2.44. The first kappa shape index (κ1) is 30.5. The molecule has 0 radical (unpaired) electrons. The second kappa shape index (κ2) is 12.5. The SMILES string of the molecule is O=C(Cn1c(-c2ccccc2)cnc(NCC2(c3ccccc3)COC2)c1=O)N(Cc1cc2cnccc2[nH]1)OC(=O)C(F)(F)F. The molecule has 0 unspecified atom stereocenters. The number of carbonyl (C=O) groups is 2. The lowest BCUT2D eigenvalue weighted by atomic mass is 9.78. The van der Waals surface area contributed by atoms with Crippen LogP contribution in [0.4, 0.5) is 19.0 Å². The van der Waals surface area contributed by atoms with E-state index in [-0.39, 0.29) is 17.2 Å². The minimum atomic E-state index is -5.37. The van der Waals surface area contributed by atoms with Crippen LogP contribution in [0.15, 0.2) is 96.2 Å². The van der Waals surface area contributed by atoms with E-state index in [1.165, 1.54) is 18.6 Å². The standard InChI is InChI=1S/C32H27F3N6O5/c33-32(34,35)30(44)46-41(16-24-13-22-14-36-12-11-25(22)39-24)27(42)17-40-26(21-7-3-1-4-8-21)15-37-28(29(40)43)38-18-31(19-45-20-31)23-9-5-2-6-10-23/h1-15,39H,16-20H2,(H,37,38). The number of benzene rings is 2. The summed E-state index contributed by atoms with van der Waals surface area (Å²) in [6.45, 7) is -0.187. The molecule has 2 aromatic carbocycles. The van der Waals surface area contributed by atoms with Crippen molar-refractivity contribution >= 4 is 28.6 Å². The lowest BCUT2D eigenvalue weighted by Gasteiger charge is -2.42. The number of hydroxylamine groups is 2. The van der Waals surface area contributed by atoms with Gasteiger partial charge in [0.2, 0.25) is 0 Å². The highest BCUT2D eigenvalue weighted by molar-refractivity contribution is 5.82. The number of fused-ring (bicyclic) bond motifs is 1. The number of hydrogen-bond acceptors (Lipinski definition) is 8. The Morgan fingerprint density at radius 1 is 1.04 bits per heavy atom. The Bertz CT molecular complexity index is 1890. The molecule has 5 aromatic rings. The fraction of sp³-hybridized carbons (Fsp3) is 0.219. The van der Waals surface area contributed by atoms with Crippen LogP contribution in [-0.4, -0.2) is 62.4 Å². The van der Waals surface area contributed by atoms with Crippen molar-refractivity contribution in [3.05, 3.63) is 113 Å². The summed E-state index contributed by atoms with van der Waals surface area (Å²) in [4.78, 5) is 55.2. The molecule has 6 rings (SSSR count). The first-order valence-corrected chi connectivity index (χ1v) is 14.2. The molecule has 14 heteroatoms. The van der Waals surface area contributed by atoms with Crippen molar-refractivity contribution < 1.29 is 32.3 Å². The van der Waals surface area contributed by atoms with Gasteiger partial charge in [-0.05, 0) is 23.3 Å². The molecule has 11 nitrogen and oxygen atoms in total. The summed E-state index contributed by atoms with van der Waals surface area (Å²) in [5.41, 5.74) is 1.54. The third-order valence-electron chi connectivity index (χ3n) is 7.65. The van der Waals surface area contributed by atoms with Crippen LogP contribution >= 0.6 is 0 Å². The van der Waals surface area contributed by atoms with Crippen LogP contribution in [-0.2, 0) is 37.7 Å². The maximum absolute atomic E-state index is 13.9. The number of ether oxygens (including phenoxy) is 1. The van der Waals surface area contributed by atoms with Crippen LogP contribution in [0.5, 0.6) is 0 Å². The van der Waals surface area contributed by atoms with Crippen molar-refractivity contribution in [2.24, 2.45) is 0 Å². The fourth-order valence-corrected chi connectivity index (χ4v) is 5.18. The van der Waals surface area contributed by atoms with Crippen LogP contribution in [0.25, 0.3) is 22.2 Å². The Kier molecular flexibility index (Phi) is 8.28. The highest BCUT2D eigenvalue weighted by atomic mass is 19.4. The molecule has 1 fully saturated rings. The van der Waals surface area contributed by atoms with Crippen molar-refractivity contribution in [3.63, 3.8) is 0 Å². The second-order valence-corrected chi connectivity index (χ2v) is 10.8. The van der Waals surface area contributed by atoms with Gasteiger partial charge in [0, 0.05) is 35.5 Å². The van der Waals surface area contributed by atoms with Gasteiger partial charge in [0.05, 0.1) is 37.1 Å². The van der Waals surface area contributed by atoms with Gasteiger partial charge in [0.1, 0.15) is 6.54 Å².